The number of ether oxygens (including phenoxy) is 2. The number of rotatable bonds is 11. The first-order valence-electron chi connectivity index (χ1n) is 16.9. The SMILES string of the molecule is CNCCN(C)C(=O)c1ccc(NC(=O)Nc2ccc3c(c2)C(=O)C(=Cc2c(C)n(CCN4CCN(C)CC4)c4ccc(OC)cc24)O3)cc1. The number of piperazine rings is 1. The summed E-state index contributed by atoms with van der Waals surface area (Å²) in [4.78, 5) is 45.6. The lowest BCUT2D eigenvalue weighted by Crippen LogP contribution is -2.45. The van der Waals surface area contributed by atoms with E-state index in [4.69, 9.17) is 9.47 Å². The van der Waals surface area contributed by atoms with Gasteiger partial charge in [-0.15, -0.1) is 0 Å². The van der Waals surface area contributed by atoms with Crippen LogP contribution in [0, 0.1) is 6.92 Å². The molecule has 3 N–H and O–H groups in total. The van der Waals surface area contributed by atoms with Gasteiger partial charge in [0.05, 0.1) is 12.7 Å². The number of methoxy groups -OCH3 is 1. The van der Waals surface area contributed by atoms with Gasteiger partial charge < -0.3 is 39.8 Å². The van der Waals surface area contributed by atoms with Crippen molar-refractivity contribution in [1.82, 2.24) is 24.6 Å². The van der Waals surface area contributed by atoms with Gasteiger partial charge in [-0.2, -0.15) is 0 Å². The van der Waals surface area contributed by atoms with Crippen LogP contribution in [0.3, 0.4) is 0 Å². The summed E-state index contributed by atoms with van der Waals surface area (Å²) in [6, 6.07) is 17.3. The average molecular weight is 680 g/mol. The second-order valence-corrected chi connectivity index (χ2v) is 12.8. The van der Waals surface area contributed by atoms with Crippen LogP contribution in [0.25, 0.3) is 17.0 Å². The molecule has 0 radical (unpaired) electrons. The number of nitrogens with zero attached hydrogens (tertiary/aromatic N) is 4. The number of anilines is 2. The molecule has 4 aromatic rings. The molecule has 1 fully saturated rings. The molecule has 262 valence electrons. The van der Waals surface area contributed by atoms with E-state index in [1.807, 2.05) is 25.3 Å². The second-order valence-electron chi connectivity index (χ2n) is 12.8. The Morgan fingerprint density at radius 3 is 2.40 bits per heavy atom. The maximum Gasteiger partial charge on any atom is 0.323 e. The molecule has 0 bridgehead atoms. The van der Waals surface area contributed by atoms with Crippen molar-refractivity contribution in [1.29, 1.82) is 0 Å². The van der Waals surface area contributed by atoms with Crippen molar-refractivity contribution >= 4 is 46.1 Å². The fourth-order valence-corrected chi connectivity index (χ4v) is 6.39. The van der Waals surface area contributed by atoms with Crippen LogP contribution in [0.4, 0.5) is 16.2 Å². The fraction of sp³-hybridized carbons (Fsp3) is 0.342. The van der Waals surface area contributed by atoms with E-state index >= 15 is 0 Å². The van der Waals surface area contributed by atoms with Gasteiger partial charge in [0.1, 0.15) is 11.5 Å². The number of aromatic nitrogens is 1. The molecular weight excluding hydrogens is 634 g/mol. The van der Waals surface area contributed by atoms with Crippen molar-refractivity contribution in [2.75, 3.05) is 84.7 Å². The summed E-state index contributed by atoms with van der Waals surface area (Å²) in [6.07, 6.45) is 1.82. The zero-order chi connectivity index (χ0) is 35.4. The third-order valence-electron chi connectivity index (χ3n) is 9.45. The minimum absolute atomic E-state index is 0.100. The molecule has 2 aliphatic heterocycles. The summed E-state index contributed by atoms with van der Waals surface area (Å²) in [5.74, 6) is 1.03. The molecule has 0 saturated carbocycles. The zero-order valence-electron chi connectivity index (χ0n) is 29.3. The van der Waals surface area contributed by atoms with E-state index in [1.165, 1.54) is 0 Å². The summed E-state index contributed by atoms with van der Waals surface area (Å²) in [7, 11) is 7.39. The summed E-state index contributed by atoms with van der Waals surface area (Å²) in [5, 5.41) is 9.58. The predicted octanol–water partition coefficient (Wildman–Crippen LogP) is 4.76. The Morgan fingerprint density at radius 2 is 1.68 bits per heavy atom. The molecule has 0 atom stereocenters. The summed E-state index contributed by atoms with van der Waals surface area (Å²) < 4.78 is 13.9. The quantitative estimate of drug-likeness (QED) is 0.194. The first-order chi connectivity index (χ1) is 24.1. The van der Waals surface area contributed by atoms with E-state index in [-0.39, 0.29) is 17.4 Å². The first-order valence-corrected chi connectivity index (χ1v) is 16.9. The highest BCUT2D eigenvalue weighted by Crippen LogP contribution is 2.37. The molecule has 3 heterocycles. The van der Waals surface area contributed by atoms with Crippen molar-refractivity contribution < 1.29 is 23.9 Å². The smallest absolute Gasteiger partial charge is 0.323 e. The van der Waals surface area contributed by atoms with E-state index in [1.54, 1.807) is 61.5 Å². The lowest BCUT2D eigenvalue weighted by molar-refractivity contribution is 0.0796. The normalized spacial score (nSPS) is 15.6. The number of urea groups is 1. The molecule has 2 aliphatic rings. The Balaban J connectivity index is 1.15. The standard InChI is InChI=1S/C38H45N7O5/c1-25-30(31-23-29(49-5)11-12-33(31)45(25)21-20-44-18-16-42(3)17-19-44)24-35-36(46)32-22-28(10-13-34(32)50-35)41-38(48)40-27-8-6-26(7-9-27)37(47)43(4)15-14-39-2/h6-13,22-24,39H,14-21H2,1-5H3,(H2,40,41,48). The van der Waals surface area contributed by atoms with Crippen LogP contribution in [-0.2, 0) is 6.54 Å². The molecule has 12 nitrogen and oxygen atoms in total. The molecule has 1 saturated heterocycles. The molecule has 6 rings (SSSR count). The van der Waals surface area contributed by atoms with Gasteiger partial charge in [0.15, 0.2) is 5.76 Å². The van der Waals surface area contributed by atoms with Crippen LogP contribution >= 0.6 is 0 Å². The number of benzene rings is 3. The number of ketones is 1. The van der Waals surface area contributed by atoms with Crippen LogP contribution in [0.2, 0.25) is 0 Å². The summed E-state index contributed by atoms with van der Waals surface area (Å²) in [5.41, 5.74) is 4.88. The minimum Gasteiger partial charge on any atom is -0.497 e. The number of hydrogen-bond acceptors (Lipinski definition) is 8. The predicted molar refractivity (Wildman–Crippen MR) is 197 cm³/mol. The Kier molecular flexibility index (Phi) is 10.5. The Morgan fingerprint density at radius 1 is 0.960 bits per heavy atom. The molecule has 3 aromatic carbocycles. The molecule has 50 heavy (non-hydrogen) atoms. The number of hydrogen-bond donors (Lipinski definition) is 3. The highest BCUT2D eigenvalue weighted by atomic mass is 16.5. The molecule has 12 heteroatoms. The number of likely N-dealkylation sites (N-methyl/N-ethyl adjacent to an activating group) is 3. The highest BCUT2D eigenvalue weighted by Gasteiger charge is 2.29. The number of fused-ring (bicyclic) bond motifs is 2. The number of carbonyl (C=O) groups is 3. The van der Waals surface area contributed by atoms with Gasteiger partial charge in [0, 0.05) is 98.5 Å². The molecule has 0 aliphatic carbocycles. The number of allylic oxidation sites excluding steroid dienone is 1. The summed E-state index contributed by atoms with van der Waals surface area (Å²) >= 11 is 0. The Hall–Kier alpha value is -5.17. The van der Waals surface area contributed by atoms with Gasteiger partial charge in [0.2, 0.25) is 5.78 Å². The van der Waals surface area contributed by atoms with Crippen LogP contribution in [0.15, 0.2) is 66.4 Å². The molecule has 1 aromatic heterocycles. The van der Waals surface area contributed by atoms with E-state index in [0.717, 1.165) is 67.2 Å². The molecule has 0 unspecified atom stereocenters. The molecular formula is C38H45N7O5. The van der Waals surface area contributed by atoms with E-state index < -0.39 is 6.03 Å². The lowest BCUT2D eigenvalue weighted by Gasteiger charge is -2.32. The van der Waals surface area contributed by atoms with Crippen molar-refractivity contribution in [2.24, 2.45) is 0 Å². The monoisotopic (exact) mass is 679 g/mol. The van der Waals surface area contributed by atoms with Gasteiger partial charge in [-0.1, -0.05) is 0 Å². The Bertz CT molecular complexity index is 1930. The van der Waals surface area contributed by atoms with Gasteiger partial charge in [0.25, 0.3) is 5.91 Å². The van der Waals surface area contributed by atoms with Crippen molar-refractivity contribution in [3.05, 3.63) is 88.8 Å². The van der Waals surface area contributed by atoms with E-state index in [2.05, 4.69) is 50.4 Å². The van der Waals surface area contributed by atoms with Crippen LogP contribution in [-0.4, -0.2) is 111 Å². The van der Waals surface area contributed by atoms with Crippen molar-refractivity contribution in [3.63, 3.8) is 0 Å². The largest absolute Gasteiger partial charge is 0.497 e. The Labute approximate surface area is 292 Å². The number of amides is 3. The third kappa shape index (κ3) is 7.52. The topological polar surface area (TPSA) is 120 Å². The van der Waals surface area contributed by atoms with Gasteiger partial charge in [-0.05, 0) is 87.8 Å². The molecule has 3 amide bonds. The van der Waals surface area contributed by atoms with Gasteiger partial charge in [-0.3, -0.25) is 14.5 Å². The zero-order valence-corrected chi connectivity index (χ0v) is 29.3. The van der Waals surface area contributed by atoms with Crippen LogP contribution < -0.4 is 25.4 Å². The van der Waals surface area contributed by atoms with E-state index in [0.29, 0.717) is 41.3 Å². The van der Waals surface area contributed by atoms with Gasteiger partial charge >= 0.3 is 6.03 Å². The van der Waals surface area contributed by atoms with Crippen molar-refractivity contribution in [3.8, 4) is 11.5 Å². The highest BCUT2D eigenvalue weighted by molar-refractivity contribution is 6.16. The van der Waals surface area contributed by atoms with Crippen LogP contribution in [0.1, 0.15) is 32.0 Å². The first kappa shape index (κ1) is 34.7. The average Bonchev–Trinajstić information content (AvgIpc) is 3.57. The van der Waals surface area contributed by atoms with E-state index in [9.17, 15) is 14.4 Å². The number of nitrogens with one attached hydrogen (secondary N) is 3. The number of carbonyl (C=O) groups excluding carboxylic acids is 3. The van der Waals surface area contributed by atoms with Crippen molar-refractivity contribution in [2.45, 2.75) is 13.5 Å². The third-order valence-corrected chi connectivity index (χ3v) is 9.45. The second kappa shape index (κ2) is 15.2. The number of Topliss-reactive ketones (excluding diaryl/α,β-unsaturated/α-hetero) is 1. The fourth-order valence-electron chi connectivity index (χ4n) is 6.39. The molecule has 0 spiro atoms. The lowest BCUT2D eigenvalue weighted by atomic mass is 10.1. The maximum absolute atomic E-state index is 13.7. The summed E-state index contributed by atoms with van der Waals surface area (Å²) in [6.45, 7) is 9.33. The van der Waals surface area contributed by atoms with Gasteiger partial charge in [-0.25, -0.2) is 4.79 Å². The maximum atomic E-state index is 13.7. The minimum atomic E-state index is -0.480. The van der Waals surface area contributed by atoms with Crippen LogP contribution in [0.5, 0.6) is 11.5 Å².